The quantitative estimate of drug-likeness (QED) is 0.762. The zero-order valence-corrected chi connectivity index (χ0v) is 15.0. The first-order valence-corrected chi connectivity index (χ1v) is 8.73. The fraction of sp³-hybridized carbons (Fsp3) is 0.263. The number of H-pyrrole nitrogens is 1. The lowest BCUT2D eigenvalue weighted by Crippen LogP contribution is -2.30. The average Bonchev–Trinajstić information content (AvgIpc) is 3.06. The Balaban J connectivity index is 1.56. The molecule has 0 unspecified atom stereocenters. The number of ether oxygens (including phenoxy) is 1. The molecule has 0 radical (unpaired) electrons. The van der Waals surface area contributed by atoms with E-state index in [1.165, 1.54) is 7.11 Å². The van der Waals surface area contributed by atoms with E-state index in [1.807, 2.05) is 24.3 Å². The molecule has 4 rings (SSSR count). The molecule has 1 N–H and O–H groups in total. The minimum absolute atomic E-state index is 0.120. The highest BCUT2D eigenvalue weighted by molar-refractivity contribution is 6.30. The van der Waals surface area contributed by atoms with E-state index >= 15 is 0 Å². The van der Waals surface area contributed by atoms with Crippen LogP contribution in [0.3, 0.4) is 0 Å². The molecule has 7 heteroatoms. The summed E-state index contributed by atoms with van der Waals surface area (Å²) in [5, 5.41) is 4.95. The number of hydrogen-bond acceptors (Lipinski definition) is 5. The van der Waals surface area contributed by atoms with Crippen molar-refractivity contribution in [3.63, 3.8) is 0 Å². The predicted molar refractivity (Wildman–Crippen MR) is 98.4 cm³/mol. The normalized spacial score (nSPS) is 14.2. The first-order chi connectivity index (χ1) is 12.6. The van der Waals surface area contributed by atoms with Gasteiger partial charge in [-0.1, -0.05) is 28.9 Å². The SMILES string of the molecule is COc1c[nH]c(CN2CCc3onc(-c4ccc(Cl)cc4)c3C2)cc1=O. The molecule has 0 aliphatic carbocycles. The number of methoxy groups -OCH3 is 1. The maximum atomic E-state index is 11.9. The van der Waals surface area contributed by atoms with Crippen molar-refractivity contribution in [1.82, 2.24) is 15.0 Å². The number of aromatic nitrogens is 2. The zero-order valence-electron chi connectivity index (χ0n) is 14.3. The van der Waals surface area contributed by atoms with Gasteiger partial charge in [0.05, 0.1) is 7.11 Å². The van der Waals surface area contributed by atoms with Crippen LogP contribution in [0.1, 0.15) is 17.0 Å². The first kappa shape index (κ1) is 16.9. The van der Waals surface area contributed by atoms with Crippen LogP contribution in [0.15, 0.2) is 45.8 Å². The Hall–Kier alpha value is -2.57. The Morgan fingerprint density at radius 1 is 1.35 bits per heavy atom. The number of fused-ring (bicyclic) bond motifs is 1. The fourth-order valence-corrected chi connectivity index (χ4v) is 3.35. The number of pyridine rings is 1. The van der Waals surface area contributed by atoms with Crippen molar-refractivity contribution < 1.29 is 9.26 Å². The van der Waals surface area contributed by atoms with Gasteiger partial charge in [-0.3, -0.25) is 9.69 Å². The summed E-state index contributed by atoms with van der Waals surface area (Å²) >= 11 is 5.97. The van der Waals surface area contributed by atoms with Gasteiger partial charge in [-0.05, 0) is 12.1 Å². The second-order valence-electron chi connectivity index (χ2n) is 6.29. The molecule has 2 aromatic heterocycles. The van der Waals surface area contributed by atoms with Gasteiger partial charge >= 0.3 is 0 Å². The summed E-state index contributed by atoms with van der Waals surface area (Å²) < 4.78 is 10.5. The van der Waals surface area contributed by atoms with Gasteiger partial charge in [0, 0.05) is 60.2 Å². The van der Waals surface area contributed by atoms with E-state index in [0.717, 1.165) is 41.2 Å². The number of nitrogens with zero attached hydrogens (tertiary/aromatic N) is 2. The molecule has 0 saturated carbocycles. The molecule has 1 aromatic carbocycles. The number of aromatic amines is 1. The average molecular weight is 372 g/mol. The van der Waals surface area contributed by atoms with Crippen molar-refractivity contribution in [2.24, 2.45) is 0 Å². The highest BCUT2D eigenvalue weighted by atomic mass is 35.5. The number of benzene rings is 1. The van der Waals surface area contributed by atoms with Gasteiger partial charge < -0.3 is 14.2 Å². The number of rotatable bonds is 4. The van der Waals surface area contributed by atoms with E-state index in [9.17, 15) is 4.79 Å². The number of nitrogens with one attached hydrogen (secondary N) is 1. The van der Waals surface area contributed by atoms with Crippen LogP contribution in [0, 0.1) is 0 Å². The van der Waals surface area contributed by atoms with E-state index in [1.54, 1.807) is 12.3 Å². The Morgan fingerprint density at radius 3 is 2.88 bits per heavy atom. The third-order valence-corrected chi connectivity index (χ3v) is 4.83. The molecule has 6 nitrogen and oxygen atoms in total. The van der Waals surface area contributed by atoms with Gasteiger partial charge in [-0.15, -0.1) is 0 Å². The Morgan fingerprint density at radius 2 is 2.15 bits per heavy atom. The van der Waals surface area contributed by atoms with Crippen molar-refractivity contribution in [2.75, 3.05) is 13.7 Å². The molecule has 3 aromatic rings. The molecule has 0 amide bonds. The van der Waals surface area contributed by atoms with Gasteiger partial charge in [-0.2, -0.15) is 0 Å². The summed E-state index contributed by atoms with van der Waals surface area (Å²) in [5.41, 5.74) is 3.66. The monoisotopic (exact) mass is 371 g/mol. The van der Waals surface area contributed by atoms with E-state index in [4.69, 9.17) is 20.9 Å². The van der Waals surface area contributed by atoms with Crippen LogP contribution in [0.2, 0.25) is 5.02 Å². The van der Waals surface area contributed by atoms with Gasteiger partial charge in [-0.25, -0.2) is 0 Å². The lowest BCUT2D eigenvalue weighted by molar-refractivity contribution is 0.226. The topological polar surface area (TPSA) is 71.4 Å². The smallest absolute Gasteiger partial charge is 0.223 e. The minimum atomic E-state index is -0.120. The highest BCUT2D eigenvalue weighted by Gasteiger charge is 2.25. The van der Waals surface area contributed by atoms with Crippen molar-refractivity contribution >= 4 is 11.6 Å². The van der Waals surface area contributed by atoms with Crippen molar-refractivity contribution in [1.29, 1.82) is 0 Å². The summed E-state index contributed by atoms with van der Waals surface area (Å²) in [5.74, 6) is 1.24. The van der Waals surface area contributed by atoms with E-state index in [0.29, 0.717) is 23.9 Å². The summed E-state index contributed by atoms with van der Waals surface area (Å²) in [6.07, 6.45) is 2.39. The molecular weight excluding hydrogens is 354 g/mol. The highest BCUT2D eigenvalue weighted by Crippen LogP contribution is 2.31. The van der Waals surface area contributed by atoms with Gasteiger partial charge in [0.15, 0.2) is 5.75 Å². The van der Waals surface area contributed by atoms with E-state index in [-0.39, 0.29) is 5.43 Å². The molecule has 0 saturated heterocycles. The van der Waals surface area contributed by atoms with Crippen LogP contribution in [0.25, 0.3) is 11.3 Å². The van der Waals surface area contributed by atoms with Crippen LogP contribution in [-0.4, -0.2) is 28.7 Å². The third kappa shape index (κ3) is 3.25. The summed E-state index contributed by atoms with van der Waals surface area (Å²) in [6.45, 7) is 2.20. The Kier molecular flexibility index (Phi) is 4.53. The number of halogens is 1. The van der Waals surface area contributed by atoms with E-state index < -0.39 is 0 Å². The van der Waals surface area contributed by atoms with Gasteiger partial charge in [0.1, 0.15) is 11.5 Å². The van der Waals surface area contributed by atoms with E-state index in [2.05, 4.69) is 15.0 Å². The van der Waals surface area contributed by atoms with Crippen LogP contribution < -0.4 is 10.2 Å². The maximum Gasteiger partial charge on any atom is 0.223 e. The fourth-order valence-electron chi connectivity index (χ4n) is 3.23. The maximum absolute atomic E-state index is 11.9. The van der Waals surface area contributed by atoms with Crippen molar-refractivity contribution in [2.45, 2.75) is 19.5 Å². The zero-order chi connectivity index (χ0) is 18.1. The molecule has 0 bridgehead atoms. The Bertz CT molecular complexity index is 978. The van der Waals surface area contributed by atoms with Crippen molar-refractivity contribution in [3.05, 3.63) is 68.8 Å². The predicted octanol–water partition coefficient (Wildman–Crippen LogP) is 3.25. The molecule has 1 aliphatic heterocycles. The molecule has 26 heavy (non-hydrogen) atoms. The molecule has 3 heterocycles. The molecular formula is C19H18ClN3O3. The van der Waals surface area contributed by atoms with Crippen LogP contribution in [0.5, 0.6) is 5.75 Å². The second kappa shape index (κ2) is 6.97. The van der Waals surface area contributed by atoms with Crippen LogP contribution in [0.4, 0.5) is 0 Å². The largest absolute Gasteiger partial charge is 0.491 e. The number of hydrogen-bond donors (Lipinski definition) is 1. The molecule has 0 fully saturated rings. The molecule has 0 atom stereocenters. The summed E-state index contributed by atoms with van der Waals surface area (Å²) in [6, 6.07) is 9.17. The lowest BCUT2D eigenvalue weighted by Gasteiger charge is -2.25. The lowest BCUT2D eigenvalue weighted by atomic mass is 10.0. The Labute approximate surface area is 155 Å². The van der Waals surface area contributed by atoms with Crippen molar-refractivity contribution in [3.8, 4) is 17.0 Å². The second-order valence-corrected chi connectivity index (χ2v) is 6.73. The van der Waals surface area contributed by atoms with Crippen LogP contribution >= 0.6 is 11.6 Å². The summed E-state index contributed by atoms with van der Waals surface area (Å²) in [7, 11) is 1.49. The third-order valence-electron chi connectivity index (χ3n) is 4.57. The summed E-state index contributed by atoms with van der Waals surface area (Å²) in [4.78, 5) is 17.3. The van der Waals surface area contributed by atoms with Gasteiger partial charge in [0.2, 0.25) is 5.43 Å². The standard InChI is InChI=1S/C19H18ClN3O3/c1-25-18-9-21-14(8-16(18)24)10-23-7-6-17-15(11-23)19(22-26-17)12-2-4-13(20)5-3-12/h2-5,8-9H,6-7,10-11H2,1H3,(H,21,24). The van der Waals surface area contributed by atoms with Gasteiger partial charge in [0.25, 0.3) is 0 Å². The molecule has 134 valence electrons. The minimum Gasteiger partial charge on any atom is -0.491 e. The molecule has 1 aliphatic rings. The first-order valence-electron chi connectivity index (χ1n) is 8.35. The molecule has 0 spiro atoms. The van der Waals surface area contributed by atoms with Crippen LogP contribution in [-0.2, 0) is 19.5 Å².